The fraction of sp³-hybridized carbons (Fsp3) is 0.810. The number of rotatable bonds is 8. The lowest BCUT2D eigenvalue weighted by Crippen LogP contribution is -2.42. The fourth-order valence-corrected chi connectivity index (χ4v) is 4.48. The molecule has 1 fully saturated rings. The van der Waals surface area contributed by atoms with E-state index in [2.05, 4.69) is 55.6 Å². The molecular weight excluding hydrogens is 356 g/mol. The maximum Gasteiger partial charge on any atom is 0.191 e. The molecule has 2 heterocycles. The molecule has 27 heavy (non-hydrogen) atoms. The van der Waals surface area contributed by atoms with Crippen molar-refractivity contribution in [2.24, 2.45) is 16.3 Å². The second-order valence-corrected chi connectivity index (χ2v) is 9.49. The molecule has 1 aromatic heterocycles. The average Bonchev–Trinajstić information content (AvgIpc) is 3.04. The van der Waals surface area contributed by atoms with Gasteiger partial charge in [-0.3, -0.25) is 4.99 Å². The van der Waals surface area contributed by atoms with Crippen LogP contribution in [0.25, 0.3) is 0 Å². The summed E-state index contributed by atoms with van der Waals surface area (Å²) in [4.78, 5) is 9.40. The molecule has 2 rings (SSSR count). The summed E-state index contributed by atoms with van der Waals surface area (Å²) in [6.07, 6.45) is 5.99. The molecule has 1 aliphatic heterocycles. The second-order valence-electron chi connectivity index (χ2n) is 8.55. The van der Waals surface area contributed by atoms with Crippen LogP contribution in [-0.2, 0) is 11.2 Å². The van der Waals surface area contributed by atoms with Crippen molar-refractivity contribution in [2.75, 3.05) is 26.2 Å². The van der Waals surface area contributed by atoms with Crippen LogP contribution in [0.15, 0.2) is 10.4 Å². The quantitative estimate of drug-likeness (QED) is 0.395. The average molecular weight is 395 g/mol. The number of nitrogens with one attached hydrogen (secondary N) is 2. The van der Waals surface area contributed by atoms with Crippen LogP contribution in [0.1, 0.15) is 64.1 Å². The lowest BCUT2D eigenvalue weighted by molar-refractivity contribution is -0.0823. The van der Waals surface area contributed by atoms with Crippen molar-refractivity contribution in [1.82, 2.24) is 15.6 Å². The van der Waals surface area contributed by atoms with Gasteiger partial charge in [-0.2, -0.15) is 0 Å². The van der Waals surface area contributed by atoms with Gasteiger partial charge in [-0.05, 0) is 51.4 Å². The van der Waals surface area contributed by atoms with Gasteiger partial charge in [0.05, 0.1) is 11.1 Å². The third-order valence-electron chi connectivity index (χ3n) is 4.90. The minimum absolute atomic E-state index is 0.167. The van der Waals surface area contributed by atoms with E-state index >= 15 is 0 Å². The van der Waals surface area contributed by atoms with Crippen molar-refractivity contribution in [2.45, 2.75) is 72.8 Å². The summed E-state index contributed by atoms with van der Waals surface area (Å²) in [6.45, 7) is 14.5. The first-order chi connectivity index (χ1) is 12.9. The first-order valence-corrected chi connectivity index (χ1v) is 11.3. The zero-order valence-corrected chi connectivity index (χ0v) is 18.6. The number of unbranched alkanes of at least 4 members (excludes halogenated alkanes) is 1. The van der Waals surface area contributed by atoms with E-state index in [1.165, 1.54) is 11.4 Å². The Balaban J connectivity index is 1.77. The van der Waals surface area contributed by atoms with Crippen molar-refractivity contribution in [3.8, 4) is 0 Å². The zero-order valence-electron chi connectivity index (χ0n) is 17.8. The Bertz CT molecular complexity index is 579. The van der Waals surface area contributed by atoms with Crippen molar-refractivity contribution >= 4 is 17.3 Å². The highest BCUT2D eigenvalue weighted by Gasteiger charge is 2.35. The highest BCUT2D eigenvalue weighted by atomic mass is 32.1. The van der Waals surface area contributed by atoms with E-state index < -0.39 is 0 Å². The summed E-state index contributed by atoms with van der Waals surface area (Å²) >= 11 is 1.77. The monoisotopic (exact) mass is 394 g/mol. The highest BCUT2D eigenvalue weighted by Crippen LogP contribution is 2.34. The van der Waals surface area contributed by atoms with Crippen molar-refractivity contribution in [3.63, 3.8) is 0 Å². The van der Waals surface area contributed by atoms with Crippen LogP contribution < -0.4 is 10.6 Å². The number of hydrogen-bond donors (Lipinski definition) is 2. The molecule has 0 saturated carbocycles. The van der Waals surface area contributed by atoms with E-state index in [-0.39, 0.29) is 5.41 Å². The number of aryl methyl sites for hydroxylation is 2. The molecule has 0 aliphatic carbocycles. The van der Waals surface area contributed by atoms with Gasteiger partial charge in [0.25, 0.3) is 0 Å². The van der Waals surface area contributed by atoms with Gasteiger partial charge in [0.2, 0.25) is 0 Å². The van der Waals surface area contributed by atoms with Crippen LogP contribution in [0.4, 0.5) is 0 Å². The first-order valence-electron chi connectivity index (χ1n) is 10.4. The van der Waals surface area contributed by atoms with Gasteiger partial charge in [-0.25, -0.2) is 4.98 Å². The molecule has 0 bridgehead atoms. The molecule has 154 valence electrons. The summed E-state index contributed by atoms with van der Waals surface area (Å²) in [5.41, 5.74) is 1.30. The Labute approximate surface area is 169 Å². The van der Waals surface area contributed by atoms with Gasteiger partial charge in [-0.1, -0.05) is 20.8 Å². The fourth-order valence-electron chi connectivity index (χ4n) is 3.66. The maximum absolute atomic E-state index is 6.09. The Kier molecular flexibility index (Phi) is 9.03. The molecule has 2 atom stereocenters. The molecule has 2 N–H and O–H groups in total. The Hall–Kier alpha value is -1.14. The van der Waals surface area contributed by atoms with Crippen LogP contribution >= 0.6 is 11.3 Å². The van der Waals surface area contributed by atoms with Gasteiger partial charge in [-0.15, -0.1) is 11.3 Å². The number of nitrogens with zero attached hydrogens (tertiary/aromatic N) is 2. The van der Waals surface area contributed by atoms with E-state index in [1.54, 1.807) is 11.3 Å². The van der Waals surface area contributed by atoms with Crippen LogP contribution in [-0.4, -0.2) is 43.3 Å². The molecule has 0 aromatic carbocycles. The van der Waals surface area contributed by atoms with Crippen LogP contribution in [0.5, 0.6) is 0 Å². The molecule has 1 saturated heterocycles. The number of aromatic nitrogens is 1. The van der Waals surface area contributed by atoms with Crippen LogP contribution in [0, 0.1) is 18.3 Å². The normalized spacial score (nSPS) is 21.3. The van der Waals surface area contributed by atoms with Gasteiger partial charge in [0, 0.05) is 43.2 Å². The van der Waals surface area contributed by atoms with Gasteiger partial charge in [0.15, 0.2) is 5.96 Å². The number of ether oxygens (including phenoxy) is 1. The van der Waals surface area contributed by atoms with Crippen molar-refractivity contribution in [3.05, 3.63) is 16.1 Å². The van der Waals surface area contributed by atoms with E-state index in [0.29, 0.717) is 12.0 Å². The molecule has 5 nitrogen and oxygen atoms in total. The molecule has 0 spiro atoms. The van der Waals surface area contributed by atoms with Gasteiger partial charge in [0.1, 0.15) is 0 Å². The molecule has 0 radical (unpaired) electrons. The smallest absolute Gasteiger partial charge is 0.191 e. The Morgan fingerprint density at radius 1 is 1.33 bits per heavy atom. The van der Waals surface area contributed by atoms with Crippen LogP contribution in [0.2, 0.25) is 0 Å². The topological polar surface area (TPSA) is 58.5 Å². The molecule has 1 aromatic rings. The SMILES string of the molecule is CCNC(=NCC1CCCOC1C(C)(C)C)NCCCCc1nc(C)cs1. The number of thiazole rings is 1. The molecule has 1 aliphatic rings. The van der Waals surface area contributed by atoms with Crippen molar-refractivity contribution < 1.29 is 4.74 Å². The van der Waals surface area contributed by atoms with E-state index in [4.69, 9.17) is 9.73 Å². The van der Waals surface area contributed by atoms with Gasteiger partial charge >= 0.3 is 0 Å². The number of hydrogen-bond acceptors (Lipinski definition) is 4. The molecule has 0 amide bonds. The molecular formula is C21H38N4OS. The lowest BCUT2D eigenvalue weighted by atomic mass is 9.78. The molecule has 6 heteroatoms. The second kappa shape index (κ2) is 11.0. The summed E-state index contributed by atoms with van der Waals surface area (Å²) in [5.74, 6) is 1.43. The Morgan fingerprint density at radius 3 is 2.81 bits per heavy atom. The summed E-state index contributed by atoms with van der Waals surface area (Å²) in [5, 5.41) is 10.2. The predicted molar refractivity (Wildman–Crippen MR) is 116 cm³/mol. The summed E-state index contributed by atoms with van der Waals surface area (Å²) in [6, 6.07) is 0. The van der Waals surface area contributed by atoms with E-state index in [0.717, 1.165) is 63.6 Å². The summed E-state index contributed by atoms with van der Waals surface area (Å²) < 4.78 is 6.09. The zero-order chi connectivity index (χ0) is 19.7. The van der Waals surface area contributed by atoms with E-state index in [1.807, 2.05) is 0 Å². The summed E-state index contributed by atoms with van der Waals surface area (Å²) in [7, 11) is 0. The van der Waals surface area contributed by atoms with E-state index in [9.17, 15) is 0 Å². The maximum atomic E-state index is 6.09. The standard InChI is InChI=1S/C21H38N4OS/c1-6-22-20(23-12-8-7-11-18-25-16(2)15-27-18)24-14-17-10-9-13-26-19(17)21(3,4)5/h15,17,19H,6-14H2,1-5H3,(H2,22,23,24). The highest BCUT2D eigenvalue weighted by molar-refractivity contribution is 7.09. The predicted octanol–water partition coefficient (Wildman–Crippen LogP) is 4.17. The largest absolute Gasteiger partial charge is 0.377 e. The lowest BCUT2D eigenvalue weighted by Gasteiger charge is -2.39. The number of guanidine groups is 1. The van der Waals surface area contributed by atoms with Gasteiger partial charge < -0.3 is 15.4 Å². The number of aliphatic imine (C=N–C) groups is 1. The van der Waals surface area contributed by atoms with Crippen LogP contribution in [0.3, 0.4) is 0 Å². The first kappa shape index (κ1) is 22.2. The molecule has 2 unspecified atom stereocenters. The third kappa shape index (κ3) is 7.78. The minimum atomic E-state index is 0.167. The third-order valence-corrected chi connectivity index (χ3v) is 5.93. The van der Waals surface area contributed by atoms with Crippen molar-refractivity contribution in [1.29, 1.82) is 0 Å². The Morgan fingerprint density at radius 2 is 2.15 bits per heavy atom. The minimum Gasteiger partial charge on any atom is -0.377 e.